The third-order valence-corrected chi connectivity index (χ3v) is 5.49. The number of rotatable bonds is 7. The fourth-order valence-corrected chi connectivity index (χ4v) is 4.11. The minimum Gasteiger partial charge on any atom is -0.494 e. The third kappa shape index (κ3) is 3.99. The van der Waals surface area contributed by atoms with E-state index in [1.54, 1.807) is 0 Å². The molecule has 0 spiro atoms. The lowest BCUT2D eigenvalue weighted by molar-refractivity contribution is -0.109. The maximum atomic E-state index is 11.2. The number of carbonyl (C=O) groups is 1. The van der Waals surface area contributed by atoms with Gasteiger partial charge in [-0.25, -0.2) is 0 Å². The fourth-order valence-electron chi connectivity index (χ4n) is 4.11. The molecule has 0 aliphatic carbocycles. The Morgan fingerprint density at radius 1 is 1.07 bits per heavy atom. The smallest absolute Gasteiger partial charge is 0.161 e. The van der Waals surface area contributed by atoms with Crippen molar-refractivity contribution in [3.05, 3.63) is 53.6 Å². The number of ether oxygens (including phenoxy) is 3. The maximum absolute atomic E-state index is 11.2. The molecule has 5 nitrogen and oxygen atoms in total. The van der Waals surface area contributed by atoms with Gasteiger partial charge in [0, 0.05) is 12.6 Å². The first kappa shape index (κ1) is 18.8. The van der Waals surface area contributed by atoms with E-state index >= 15 is 0 Å². The van der Waals surface area contributed by atoms with Gasteiger partial charge in [-0.2, -0.15) is 0 Å². The van der Waals surface area contributed by atoms with Crippen molar-refractivity contribution in [2.45, 2.75) is 31.7 Å². The second-order valence-corrected chi connectivity index (χ2v) is 7.39. The van der Waals surface area contributed by atoms with Gasteiger partial charge in [0.25, 0.3) is 0 Å². The van der Waals surface area contributed by atoms with Crippen LogP contribution in [-0.2, 0) is 4.79 Å². The zero-order chi connectivity index (χ0) is 19.3. The summed E-state index contributed by atoms with van der Waals surface area (Å²) in [4.78, 5) is 13.5. The van der Waals surface area contributed by atoms with E-state index in [2.05, 4.69) is 36.1 Å². The van der Waals surface area contributed by atoms with Gasteiger partial charge >= 0.3 is 0 Å². The van der Waals surface area contributed by atoms with Gasteiger partial charge in [0.05, 0.1) is 13.2 Å². The molecular weight excluding hydrogens is 354 g/mol. The summed E-state index contributed by atoms with van der Waals surface area (Å²) in [5, 5.41) is 0. The van der Waals surface area contributed by atoms with E-state index in [4.69, 9.17) is 14.2 Å². The first-order chi connectivity index (χ1) is 13.8. The highest BCUT2D eigenvalue weighted by Gasteiger charge is 2.34. The van der Waals surface area contributed by atoms with Crippen LogP contribution in [0.25, 0.3) is 0 Å². The average Bonchev–Trinajstić information content (AvgIpc) is 3.16. The van der Waals surface area contributed by atoms with Crippen LogP contribution in [0, 0.1) is 0 Å². The van der Waals surface area contributed by atoms with Crippen LogP contribution in [0.4, 0.5) is 0 Å². The van der Waals surface area contributed by atoms with Gasteiger partial charge in [-0.15, -0.1) is 0 Å². The van der Waals surface area contributed by atoms with Crippen LogP contribution >= 0.6 is 0 Å². The molecule has 0 radical (unpaired) electrons. The van der Waals surface area contributed by atoms with Crippen molar-refractivity contribution in [1.29, 1.82) is 0 Å². The summed E-state index contributed by atoms with van der Waals surface area (Å²) < 4.78 is 17.1. The van der Waals surface area contributed by atoms with Crippen molar-refractivity contribution in [2.75, 3.05) is 32.9 Å². The molecule has 0 unspecified atom stereocenters. The molecule has 2 aromatic rings. The van der Waals surface area contributed by atoms with E-state index in [9.17, 15) is 4.79 Å². The molecule has 0 amide bonds. The highest BCUT2D eigenvalue weighted by molar-refractivity contribution is 5.53. The lowest BCUT2D eigenvalue weighted by Crippen LogP contribution is -2.25. The Bertz CT molecular complexity index is 805. The van der Waals surface area contributed by atoms with Crippen molar-refractivity contribution < 1.29 is 19.0 Å². The Balaban J connectivity index is 1.52. The number of aldehydes is 1. The monoisotopic (exact) mass is 381 g/mol. The Labute approximate surface area is 166 Å². The van der Waals surface area contributed by atoms with Gasteiger partial charge in [0.15, 0.2) is 11.5 Å². The van der Waals surface area contributed by atoms with Gasteiger partial charge < -0.3 is 19.0 Å². The van der Waals surface area contributed by atoms with E-state index in [0.29, 0.717) is 25.7 Å². The molecule has 2 atom stereocenters. The maximum Gasteiger partial charge on any atom is 0.161 e. The predicted octanol–water partition coefficient (Wildman–Crippen LogP) is 3.98. The minimum absolute atomic E-state index is 0.226. The summed E-state index contributed by atoms with van der Waals surface area (Å²) in [7, 11) is 0. The Morgan fingerprint density at radius 2 is 1.82 bits per heavy atom. The molecule has 0 aromatic heterocycles. The van der Waals surface area contributed by atoms with Gasteiger partial charge in [0.1, 0.15) is 25.2 Å². The van der Waals surface area contributed by atoms with Gasteiger partial charge in [0.2, 0.25) is 0 Å². The van der Waals surface area contributed by atoms with Crippen molar-refractivity contribution in [1.82, 2.24) is 4.90 Å². The number of fused-ring (bicyclic) bond motifs is 1. The predicted molar refractivity (Wildman–Crippen MR) is 107 cm³/mol. The van der Waals surface area contributed by atoms with E-state index in [0.717, 1.165) is 49.5 Å². The number of hydrogen-bond acceptors (Lipinski definition) is 5. The number of nitrogens with zero attached hydrogens (tertiary/aromatic N) is 1. The third-order valence-electron chi connectivity index (χ3n) is 5.49. The number of likely N-dealkylation sites (tertiary alicyclic amines) is 1. The quantitative estimate of drug-likeness (QED) is 0.679. The SMILES string of the molecule is CCCOc1ccc([C@H]2C[C@@H](c3ccc4c(c3)OCCO4)CN2CC=O)cc1. The normalized spacial score (nSPS) is 21.5. The van der Waals surface area contributed by atoms with Crippen LogP contribution in [0.1, 0.15) is 42.9 Å². The van der Waals surface area contributed by atoms with Crippen LogP contribution in [-0.4, -0.2) is 44.1 Å². The summed E-state index contributed by atoms with van der Waals surface area (Å²) in [6.07, 6.45) is 2.97. The number of benzene rings is 2. The molecule has 1 saturated heterocycles. The van der Waals surface area contributed by atoms with E-state index in [-0.39, 0.29) is 6.04 Å². The molecule has 1 fully saturated rings. The average molecular weight is 381 g/mol. The highest BCUT2D eigenvalue weighted by atomic mass is 16.6. The molecular formula is C23H27NO4. The van der Waals surface area contributed by atoms with E-state index in [1.165, 1.54) is 11.1 Å². The van der Waals surface area contributed by atoms with E-state index < -0.39 is 0 Å². The standard InChI is InChI=1S/C23H27NO4/c1-2-11-26-20-6-3-17(4-7-20)21-14-19(16-24(21)9-10-25)18-5-8-22-23(15-18)28-13-12-27-22/h3-8,10,15,19,21H,2,9,11-14,16H2,1H3/t19-,21-/m1/s1. The zero-order valence-corrected chi connectivity index (χ0v) is 16.3. The van der Waals surface area contributed by atoms with Gasteiger partial charge in [-0.05, 0) is 54.2 Å². The van der Waals surface area contributed by atoms with Crippen molar-refractivity contribution in [2.24, 2.45) is 0 Å². The summed E-state index contributed by atoms with van der Waals surface area (Å²) in [6, 6.07) is 14.8. The second-order valence-electron chi connectivity index (χ2n) is 7.39. The Morgan fingerprint density at radius 3 is 2.57 bits per heavy atom. The van der Waals surface area contributed by atoms with Crippen LogP contribution < -0.4 is 14.2 Å². The van der Waals surface area contributed by atoms with Crippen molar-refractivity contribution in [3.63, 3.8) is 0 Å². The lowest BCUT2D eigenvalue weighted by Gasteiger charge is -2.22. The first-order valence-corrected chi connectivity index (χ1v) is 10.1. The topological polar surface area (TPSA) is 48.0 Å². The number of carbonyl (C=O) groups excluding carboxylic acids is 1. The largest absolute Gasteiger partial charge is 0.494 e. The molecule has 28 heavy (non-hydrogen) atoms. The summed E-state index contributed by atoms with van der Waals surface area (Å²) in [6.45, 7) is 5.32. The second kappa shape index (κ2) is 8.65. The lowest BCUT2D eigenvalue weighted by atomic mass is 9.93. The minimum atomic E-state index is 0.226. The Kier molecular flexibility index (Phi) is 5.81. The van der Waals surface area contributed by atoms with Gasteiger partial charge in [-0.3, -0.25) is 4.90 Å². The zero-order valence-electron chi connectivity index (χ0n) is 16.3. The molecule has 5 heteroatoms. The highest BCUT2D eigenvalue weighted by Crippen LogP contribution is 2.42. The van der Waals surface area contributed by atoms with Crippen LogP contribution in [0.2, 0.25) is 0 Å². The van der Waals surface area contributed by atoms with Crippen LogP contribution in [0.3, 0.4) is 0 Å². The molecule has 148 valence electrons. The number of hydrogen-bond donors (Lipinski definition) is 0. The Hall–Kier alpha value is -2.53. The van der Waals surface area contributed by atoms with Gasteiger partial charge in [-0.1, -0.05) is 25.1 Å². The van der Waals surface area contributed by atoms with E-state index in [1.807, 2.05) is 18.2 Å². The van der Waals surface area contributed by atoms with Crippen LogP contribution in [0.15, 0.2) is 42.5 Å². The van der Waals surface area contributed by atoms with Crippen molar-refractivity contribution in [3.8, 4) is 17.2 Å². The molecule has 2 aromatic carbocycles. The van der Waals surface area contributed by atoms with Crippen LogP contribution in [0.5, 0.6) is 17.2 Å². The van der Waals surface area contributed by atoms with Crippen molar-refractivity contribution >= 4 is 6.29 Å². The molecule has 2 aliphatic rings. The molecule has 0 N–H and O–H groups in total. The molecule has 2 heterocycles. The summed E-state index contributed by atoms with van der Waals surface area (Å²) in [5.74, 6) is 2.90. The first-order valence-electron chi connectivity index (χ1n) is 10.1. The molecule has 4 rings (SSSR count). The molecule has 0 bridgehead atoms. The fraction of sp³-hybridized carbons (Fsp3) is 0.435. The molecule has 0 saturated carbocycles. The summed E-state index contributed by atoms with van der Waals surface area (Å²) in [5.41, 5.74) is 2.47. The molecule has 2 aliphatic heterocycles. The summed E-state index contributed by atoms with van der Waals surface area (Å²) >= 11 is 0.